The number of amidine groups is 1. The van der Waals surface area contributed by atoms with Crippen LogP contribution in [0.25, 0.3) is 0 Å². The fraction of sp³-hybridized carbons (Fsp3) is 0.222. The van der Waals surface area contributed by atoms with Gasteiger partial charge in [-0.05, 0) is 12.1 Å². The Morgan fingerprint density at radius 2 is 1.96 bits per heavy atom. The van der Waals surface area contributed by atoms with Gasteiger partial charge in [-0.2, -0.15) is 0 Å². The number of fused-ring (bicyclic) bond motifs is 3. The molecule has 1 N–H and O–H groups in total. The van der Waals surface area contributed by atoms with Crippen molar-refractivity contribution in [3.05, 3.63) is 70.8 Å². The molecule has 116 valence electrons. The van der Waals surface area contributed by atoms with Crippen molar-refractivity contribution >= 4 is 11.8 Å². The normalized spacial score (nSPS) is 21.7. The van der Waals surface area contributed by atoms with Gasteiger partial charge < -0.3 is 14.7 Å². The Hall–Kier alpha value is -2.66. The molecule has 1 atom stereocenters. The number of aliphatic imine (C=N–C) groups is 1. The molecule has 0 radical (unpaired) electrons. The highest BCUT2D eigenvalue weighted by Gasteiger charge is 2.49. The van der Waals surface area contributed by atoms with E-state index in [9.17, 15) is 9.90 Å². The Labute approximate surface area is 133 Å². The zero-order valence-corrected chi connectivity index (χ0v) is 12.7. The molecule has 2 aromatic carbocycles. The molecule has 1 unspecified atom stereocenters. The summed E-state index contributed by atoms with van der Waals surface area (Å²) in [5.41, 5.74) is 1.71. The lowest BCUT2D eigenvalue weighted by molar-refractivity contribution is -0.0242. The second-order valence-corrected chi connectivity index (χ2v) is 5.64. The predicted octanol–water partition coefficient (Wildman–Crippen LogP) is 1.74. The number of nitrogens with zero attached hydrogens (tertiary/aromatic N) is 2. The molecule has 0 saturated carbocycles. The Morgan fingerprint density at radius 3 is 2.70 bits per heavy atom. The minimum absolute atomic E-state index is 0.390. The lowest BCUT2D eigenvalue weighted by atomic mass is 9.93. The number of benzene rings is 2. The number of aliphatic hydroxyl groups is 1. The number of hydrogen-bond acceptors (Lipinski definition) is 5. The van der Waals surface area contributed by atoms with Gasteiger partial charge in [0.15, 0.2) is 5.72 Å². The lowest BCUT2D eigenvalue weighted by Gasteiger charge is -2.33. The van der Waals surface area contributed by atoms with Crippen molar-refractivity contribution in [3.8, 4) is 0 Å². The van der Waals surface area contributed by atoms with Gasteiger partial charge in [-0.15, -0.1) is 0 Å². The van der Waals surface area contributed by atoms with Gasteiger partial charge in [-0.3, -0.25) is 4.99 Å². The van der Waals surface area contributed by atoms with Crippen LogP contribution in [0.15, 0.2) is 53.5 Å². The molecule has 5 nitrogen and oxygen atoms in total. The zero-order chi connectivity index (χ0) is 16.0. The van der Waals surface area contributed by atoms with Gasteiger partial charge in [0, 0.05) is 23.2 Å². The minimum atomic E-state index is -1.25. The average molecular weight is 308 g/mol. The number of methoxy groups -OCH3 is 1. The van der Waals surface area contributed by atoms with Crippen molar-refractivity contribution in [2.75, 3.05) is 20.2 Å². The van der Waals surface area contributed by atoms with Crippen molar-refractivity contribution in [1.82, 2.24) is 4.90 Å². The Kier molecular flexibility index (Phi) is 2.99. The molecule has 0 saturated heterocycles. The van der Waals surface area contributed by atoms with Crippen LogP contribution >= 0.6 is 0 Å². The third-order valence-corrected chi connectivity index (χ3v) is 4.48. The topological polar surface area (TPSA) is 62.1 Å². The van der Waals surface area contributed by atoms with Gasteiger partial charge in [0.25, 0.3) is 0 Å². The van der Waals surface area contributed by atoms with Crippen molar-refractivity contribution in [1.29, 1.82) is 0 Å². The summed E-state index contributed by atoms with van der Waals surface area (Å²) in [6.07, 6.45) is 0. The molecule has 2 aliphatic rings. The van der Waals surface area contributed by atoms with Crippen LogP contribution in [-0.4, -0.2) is 42.0 Å². The van der Waals surface area contributed by atoms with E-state index < -0.39 is 11.7 Å². The second-order valence-electron chi connectivity index (χ2n) is 5.64. The van der Waals surface area contributed by atoms with Crippen molar-refractivity contribution in [3.63, 3.8) is 0 Å². The van der Waals surface area contributed by atoms with E-state index in [1.165, 1.54) is 7.11 Å². The van der Waals surface area contributed by atoms with Crippen LogP contribution < -0.4 is 0 Å². The summed E-state index contributed by atoms with van der Waals surface area (Å²) in [7, 11) is 1.35. The molecule has 0 aliphatic carbocycles. The third kappa shape index (κ3) is 1.83. The summed E-state index contributed by atoms with van der Waals surface area (Å²) in [6, 6.07) is 14.6. The van der Waals surface area contributed by atoms with E-state index in [2.05, 4.69) is 4.99 Å². The number of hydrogen-bond donors (Lipinski definition) is 1. The number of carbonyl (C=O) groups excluding carboxylic acids is 1. The van der Waals surface area contributed by atoms with Gasteiger partial charge in [0.1, 0.15) is 5.84 Å². The standard InChI is InChI=1S/C18H16N2O3/c1-23-17(21)12-6-8-13(9-7-12)18(22)15-5-3-2-4-14(15)16-19-10-11-20(16)18/h2-9,22H,10-11H2,1H3. The van der Waals surface area contributed by atoms with E-state index in [1.54, 1.807) is 24.3 Å². The highest BCUT2D eigenvalue weighted by molar-refractivity contribution is 6.05. The third-order valence-electron chi connectivity index (χ3n) is 4.48. The lowest BCUT2D eigenvalue weighted by Crippen LogP contribution is -2.43. The maximum atomic E-state index is 11.6. The zero-order valence-electron chi connectivity index (χ0n) is 12.7. The van der Waals surface area contributed by atoms with Gasteiger partial charge in [-0.1, -0.05) is 36.4 Å². The summed E-state index contributed by atoms with van der Waals surface area (Å²) in [5.74, 6) is 0.443. The largest absolute Gasteiger partial charge is 0.465 e. The molecule has 2 heterocycles. The van der Waals surface area contributed by atoms with Crippen molar-refractivity contribution in [2.24, 2.45) is 4.99 Å². The van der Waals surface area contributed by atoms with Gasteiger partial charge in [-0.25, -0.2) is 4.79 Å². The number of rotatable bonds is 2. The first-order chi connectivity index (χ1) is 11.2. The fourth-order valence-electron chi connectivity index (χ4n) is 3.39. The van der Waals surface area contributed by atoms with E-state index >= 15 is 0 Å². The van der Waals surface area contributed by atoms with Crippen LogP contribution in [0.2, 0.25) is 0 Å². The van der Waals surface area contributed by atoms with Crippen LogP contribution in [0.3, 0.4) is 0 Å². The van der Waals surface area contributed by atoms with E-state index in [1.807, 2.05) is 29.2 Å². The average Bonchev–Trinajstić information content (AvgIpc) is 3.18. The molecule has 2 aromatic rings. The molecule has 2 aliphatic heterocycles. The summed E-state index contributed by atoms with van der Waals surface area (Å²) < 4.78 is 4.72. The maximum absolute atomic E-state index is 11.6. The van der Waals surface area contributed by atoms with E-state index in [-0.39, 0.29) is 0 Å². The summed E-state index contributed by atoms with van der Waals surface area (Å²) in [6.45, 7) is 1.34. The van der Waals surface area contributed by atoms with E-state index in [4.69, 9.17) is 4.74 Å². The summed E-state index contributed by atoms with van der Waals surface area (Å²) >= 11 is 0. The SMILES string of the molecule is COC(=O)c1ccc(C2(O)c3ccccc3C3=NCCN32)cc1. The maximum Gasteiger partial charge on any atom is 0.337 e. The molecule has 0 bridgehead atoms. The Bertz CT molecular complexity index is 813. The molecular weight excluding hydrogens is 292 g/mol. The minimum Gasteiger partial charge on any atom is -0.465 e. The van der Waals surface area contributed by atoms with Gasteiger partial charge in [0.05, 0.1) is 19.2 Å². The second kappa shape index (κ2) is 4.93. The number of carbonyl (C=O) groups is 1. The fourth-order valence-corrected chi connectivity index (χ4v) is 3.39. The van der Waals surface area contributed by atoms with Crippen LogP contribution in [0.1, 0.15) is 27.0 Å². The quantitative estimate of drug-likeness (QED) is 0.859. The van der Waals surface area contributed by atoms with Gasteiger partial charge in [0.2, 0.25) is 0 Å². The summed E-state index contributed by atoms with van der Waals surface area (Å²) in [4.78, 5) is 18.0. The molecule has 23 heavy (non-hydrogen) atoms. The van der Waals surface area contributed by atoms with E-state index in [0.29, 0.717) is 24.2 Å². The molecule has 5 heteroatoms. The molecule has 0 amide bonds. The number of ether oxygens (including phenoxy) is 1. The molecule has 0 spiro atoms. The first-order valence-electron chi connectivity index (χ1n) is 7.49. The van der Waals surface area contributed by atoms with Crippen LogP contribution in [-0.2, 0) is 10.5 Å². The Morgan fingerprint density at radius 1 is 1.22 bits per heavy atom. The Balaban J connectivity index is 1.84. The first-order valence-corrected chi connectivity index (χ1v) is 7.49. The smallest absolute Gasteiger partial charge is 0.337 e. The van der Waals surface area contributed by atoms with Crippen molar-refractivity contribution < 1.29 is 14.6 Å². The summed E-state index contributed by atoms with van der Waals surface area (Å²) in [5, 5.41) is 11.5. The van der Waals surface area contributed by atoms with Gasteiger partial charge >= 0.3 is 5.97 Å². The van der Waals surface area contributed by atoms with Crippen LogP contribution in [0, 0.1) is 0 Å². The highest BCUT2D eigenvalue weighted by atomic mass is 16.5. The van der Waals surface area contributed by atoms with Crippen LogP contribution in [0.5, 0.6) is 0 Å². The molecule has 0 fully saturated rings. The predicted molar refractivity (Wildman–Crippen MR) is 85.3 cm³/mol. The van der Waals surface area contributed by atoms with Crippen LogP contribution in [0.4, 0.5) is 0 Å². The molecular formula is C18H16N2O3. The highest BCUT2D eigenvalue weighted by Crippen LogP contribution is 2.43. The molecule has 0 aromatic heterocycles. The molecule has 4 rings (SSSR count). The van der Waals surface area contributed by atoms with Crippen molar-refractivity contribution in [2.45, 2.75) is 5.72 Å². The van der Waals surface area contributed by atoms with E-state index in [0.717, 1.165) is 17.0 Å². The first kappa shape index (κ1) is 14.0. The number of esters is 1. The monoisotopic (exact) mass is 308 g/mol.